The Morgan fingerprint density at radius 1 is 1.30 bits per heavy atom. The quantitative estimate of drug-likeness (QED) is 0.876. The van der Waals surface area contributed by atoms with Crippen LogP contribution < -0.4 is 5.73 Å². The van der Waals surface area contributed by atoms with Gasteiger partial charge >= 0.3 is 0 Å². The lowest BCUT2D eigenvalue weighted by molar-refractivity contribution is -0.137. The maximum Gasteiger partial charge on any atom is 0.242 e. The van der Waals surface area contributed by atoms with Gasteiger partial charge in [0, 0.05) is 13.1 Å². The van der Waals surface area contributed by atoms with Crippen LogP contribution in [0, 0.1) is 6.92 Å². The van der Waals surface area contributed by atoms with Gasteiger partial charge < -0.3 is 10.6 Å². The molecule has 0 aliphatic carbocycles. The first kappa shape index (κ1) is 18.9. The number of nitrogens with two attached hydrogens (primary N) is 1. The Morgan fingerprint density at radius 2 is 1.90 bits per heavy atom. The molecule has 1 unspecified atom stereocenters. The summed E-state index contributed by atoms with van der Waals surface area (Å²) in [6.45, 7) is 9.27. The minimum Gasteiger partial charge on any atom is -0.337 e. The summed E-state index contributed by atoms with van der Waals surface area (Å²) in [4.78, 5) is 14.3. The number of aryl methyl sites for hydroxylation is 1. The zero-order chi connectivity index (χ0) is 14.5. The SMILES string of the molecule is CCCC(C)(N)C(=O)N(CC)Cc1ccccc1C.Cl. The highest BCUT2D eigenvalue weighted by Crippen LogP contribution is 2.16. The summed E-state index contributed by atoms with van der Waals surface area (Å²) in [5.41, 5.74) is 7.79. The highest BCUT2D eigenvalue weighted by Gasteiger charge is 2.31. The van der Waals surface area contributed by atoms with E-state index in [4.69, 9.17) is 5.73 Å². The van der Waals surface area contributed by atoms with Gasteiger partial charge in [0.2, 0.25) is 5.91 Å². The molecule has 0 aromatic heterocycles. The number of carbonyl (C=O) groups excluding carboxylic acids is 1. The molecule has 0 heterocycles. The summed E-state index contributed by atoms with van der Waals surface area (Å²) in [6, 6.07) is 8.16. The number of benzene rings is 1. The molecule has 1 rings (SSSR count). The largest absolute Gasteiger partial charge is 0.337 e. The van der Waals surface area contributed by atoms with Crippen molar-refractivity contribution in [1.29, 1.82) is 0 Å². The second kappa shape index (κ2) is 8.28. The molecule has 1 aromatic rings. The second-order valence-corrected chi connectivity index (χ2v) is 5.41. The van der Waals surface area contributed by atoms with Crippen LogP contribution in [0.3, 0.4) is 0 Å². The van der Waals surface area contributed by atoms with Crippen molar-refractivity contribution in [3.8, 4) is 0 Å². The van der Waals surface area contributed by atoms with E-state index >= 15 is 0 Å². The van der Waals surface area contributed by atoms with Gasteiger partial charge in [-0.15, -0.1) is 12.4 Å². The van der Waals surface area contributed by atoms with Crippen molar-refractivity contribution in [2.24, 2.45) is 5.73 Å². The molecule has 0 saturated heterocycles. The molecule has 20 heavy (non-hydrogen) atoms. The molecule has 0 radical (unpaired) electrons. The summed E-state index contributed by atoms with van der Waals surface area (Å²) in [5, 5.41) is 0. The van der Waals surface area contributed by atoms with Crippen LogP contribution in [0.4, 0.5) is 0 Å². The minimum atomic E-state index is -0.757. The van der Waals surface area contributed by atoms with Gasteiger partial charge in [-0.1, -0.05) is 37.6 Å². The Morgan fingerprint density at radius 3 is 2.40 bits per heavy atom. The standard InChI is InChI=1S/C16H26N2O.ClH/c1-5-11-16(4,17)15(19)18(6-2)12-14-10-8-7-9-13(14)3;/h7-10H,5-6,11-12,17H2,1-4H3;1H. The Labute approximate surface area is 128 Å². The number of likely N-dealkylation sites (N-methyl/N-ethyl adjacent to an activating group) is 1. The number of carbonyl (C=O) groups is 1. The Kier molecular flexibility index (Phi) is 7.84. The van der Waals surface area contributed by atoms with E-state index in [2.05, 4.69) is 26.0 Å². The lowest BCUT2D eigenvalue weighted by Crippen LogP contribution is -2.52. The smallest absolute Gasteiger partial charge is 0.242 e. The van der Waals surface area contributed by atoms with Crippen molar-refractivity contribution in [2.75, 3.05) is 6.54 Å². The second-order valence-electron chi connectivity index (χ2n) is 5.41. The number of hydrogen-bond acceptors (Lipinski definition) is 2. The van der Waals surface area contributed by atoms with Crippen molar-refractivity contribution >= 4 is 18.3 Å². The molecule has 0 bridgehead atoms. The van der Waals surface area contributed by atoms with Crippen LogP contribution in [0.1, 0.15) is 44.7 Å². The van der Waals surface area contributed by atoms with Crippen LogP contribution in [0.5, 0.6) is 0 Å². The monoisotopic (exact) mass is 298 g/mol. The third-order valence-electron chi connectivity index (χ3n) is 3.55. The summed E-state index contributed by atoms with van der Waals surface area (Å²) >= 11 is 0. The van der Waals surface area contributed by atoms with Crippen molar-refractivity contribution in [2.45, 2.75) is 52.6 Å². The first-order valence-electron chi connectivity index (χ1n) is 7.05. The van der Waals surface area contributed by atoms with Crippen molar-refractivity contribution in [3.05, 3.63) is 35.4 Å². The summed E-state index contributed by atoms with van der Waals surface area (Å²) in [6.07, 6.45) is 1.64. The number of hydrogen-bond donors (Lipinski definition) is 1. The maximum absolute atomic E-state index is 12.5. The fraction of sp³-hybridized carbons (Fsp3) is 0.562. The van der Waals surface area contributed by atoms with Gasteiger partial charge in [-0.2, -0.15) is 0 Å². The van der Waals surface area contributed by atoms with E-state index in [0.29, 0.717) is 13.1 Å². The van der Waals surface area contributed by atoms with E-state index in [0.717, 1.165) is 12.8 Å². The molecule has 0 saturated carbocycles. The normalized spacial score (nSPS) is 13.2. The maximum atomic E-state index is 12.5. The van der Waals surface area contributed by atoms with Crippen LogP contribution in [0.25, 0.3) is 0 Å². The van der Waals surface area contributed by atoms with E-state index in [-0.39, 0.29) is 18.3 Å². The molecule has 0 spiro atoms. The number of rotatable bonds is 6. The molecule has 0 aliphatic rings. The predicted octanol–water partition coefficient (Wildman–Crippen LogP) is 3.28. The first-order valence-corrected chi connectivity index (χ1v) is 7.05. The molecule has 1 aromatic carbocycles. The van der Waals surface area contributed by atoms with E-state index < -0.39 is 5.54 Å². The van der Waals surface area contributed by atoms with Crippen LogP contribution in [-0.4, -0.2) is 22.9 Å². The number of nitrogens with zero attached hydrogens (tertiary/aromatic N) is 1. The van der Waals surface area contributed by atoms with Gasteiger partial charge in [-0.25, -0.2) is 0 Å². The fourth-order valence-electron chi connectivity index (χ4n) is 2.31. The van der Waals surface area contributed by atoms with Crippen molar-refractivity contribution in [3.63, 3.8) is 0 Å². The van der Waals surface area contributed by atoms with Gasteiger partial charge in [-0.05, 0) is 38.3 Å². The van der Waals surface area contributed by atoms with Crippen LogP contribution in [-0.2, 0) is 11.3 Å². The van der Waals surface area contributed by atoms with Gasteiger partial charge in [-0.3, -0.25) is 4.79 Å². The number of halogens is 1. The van der Waals surface area contributed by atoms with Crippen LogP contribution >= 0.6 is 12.4 Å². The molecule has 1 amide bonds. The molecular formula is C16H27ClN2O. The van der Waals surface area contributed by atoms with Crippen molar-refractivity contribution < 1.29 is 4.79 Å². The predicted molar refractivity (Wildman–Crippen MR) is 87.0 cm³/mol. The van der Waals surface area contributed by atoms with Gasteiger partial charge in [0.25, 0.3) is 0 Å². The number of amides is 1. The van der Waals surface area contributed by atoms with E-state index in [1.807, 2.05) is 30.9 Å². The molecule has 1 atom stereocenters. The van der Waals surface area contributed by atoms with E-state index in [1.165, 1.54) is 11.1 Å². The molecule has 2 N–H and O–H groups in total. The lowest BCUT2D eigenvalue weighted by Gasteiger charge is -2.31. The summed E-state index contributed by atoms with van der Waals surface area (Å²) < 4.78 is 0. The molecular weight excluding hydrogens is 272 g/mol. The molecule has 0 aliphatic heterocycles. The van der Waals surface area contributed by atoms with Crippen LogP contribution in [0.15, 0.2) is 24.3 Å². The van der Waals surface area contributed by atoms with Crippen molar-refractivity contribution in [1.82, 2.24) is 4.90 Å². The molecule has 4 heteroatoms. The average Bonchev–Trinajstić information content (AvgIpc) is 2.37. The van der Waals surface area contributed by atoms with E-state index in [1.54, 1.807) is 0 Å². The first-order chi connectivity index (χ1) is 8.92. The summed E-state index contributed by atoms with van der Waals surface area (Å²) in [5.74, 6) is 0.0418. The Balaban J connectivity index is 0.00000361. The van der Waals surface area contributed by atoms with Gasteiger partial charge in [0.05, 0.1) is 5.54 Å². The van der Waals surface area contributed by atoms with E-state index in [9.17, 15) is 4.79 Å². The fourth-order valence-corrected chi connectivity index (χ4v) is 2.31. The summed E-state index contributed by atoms with van der Waals surface area (Å²) in [7, 11) is 0. The molecule has 0 fully saturated rings. The topological polar surface area (TPSA) is 46.3 Å². The average molecular weight is 299 g/mol. The zero-order valence-corrected chi connectivity index (χ0v) is 13.8. The third kappa shape index (κ3) is 4.80. The lowest BCUT2D eigenvalue weighted by atomic mass is 9.95. The molecule has 3 nitrogen and oxygen atoms in total. The molecule has 114 valence electrons. The Hall–Kier alpha value is -1.06. The zero-order valence-electron chi connectivity index (χ0n) is 13.0. The minimum absolute atomic E-state index is 0. The van der Waals surface area contributed by atoms with Gasteiger partial charge in [0.15, 0.2) is 0 Å². The Bertz CT molecular complexity index is 432. The third-order valence-corrected chi connectivity index (χ3v) is 3.55. The highest BCUT2D eigenvalue weighted by atomic mass is 35.5. The van der Waals surface area contributed by atoms with Crippen LogP contribution in [0.2, 0.25) is 0 Å². The van der Waals surface area contributed by atoms with Gasteiger partial charge in [0.1, 0.15) is 0 Å². The highest BCUT2D eigenvalue weighted by molar-refractivity contribution is 5.85.